The van der Waals surface area contributed by atoms with E-state index in [1.807, 2.05) is 30.3 Å². The van der Waals surface area contributed by atoms with Crippen molar-refractivity contribution in [3.63, 3.8) is 0 Å². The van der Waals surface area contributed by atoms with Crippen LogP contribution < -0.4 is 10.7 Å². The maximum Gasteiger partial charge on any atom is 0.205 e. The number of nitrogens with one attached hydrogen (secondary N) is 2. The Bertz CT molecular complexity index is 1240. The summed E-state index contributed by atoms with van der Waals surface area (Å²) in [5.41, 5.74) is 2.05. The minimum absolute atomic E-state index is 0.196. The van der Waals surface area contributed by atoms with Crippen molar-refractivity contribution >= 4 is 11.9 Å². The molecule has 2 N–H and O–H groups in total. The number of anilines is 1. The summed E-state index contributed by atoms with van der Waals surface area (Å²) in [6.07, 6.45) is 7.55. The Balaban J connectivity index is 1.70. The molecule has 0 bridgehead atoms. The fraction of sp³-hybridized carbons (Fsp3) is 0.0870. The van der Waals surface area contributed by atoms with Gasteiger partial charge in [0.15, 0.2) is 0 Å². The topological polar surface area (TPSA) is 96.6 Å². The predicted octanol–water partition coefficient (Wildman–Crippen LogP) is 4.02. The molecule has 2 heterocycles. The van der Waals surface area contributed by atoms with Gasteiger partial charge in [0.1, 0.15) is 17.2 Å². The van der Waals surface area contributed by atoms with Crippen LogP contribution in [0.25, 0.3) is 16.9 Å². The Labute approximate surface area is 177 Å². The van der Waals surface area contributed by atoms with Crippen molar-refractivity contribution in [1.29, 1.82) is 5.41 Å². The van der Waals surface area contributed by atoms with Crippen molar-refractivity contribution in [1.82, 2.24) is 19.7 Å². The first-order chi connectivity index (χ1) is 15.2. The van der Waals surface area contributed by atoms with E-state index >= 15 is 0 Å². The molecule has 0 amide bonds. The van der Waals surface area contributed by atoms with Gasteiger partial charge in [-0.15, -0.1) is 0 Å². The molecule has 0 spiro atoms. The zero-order valence-corrected chi connectivity index (χ0v) is 16.4. The zero-order chi connectivity index (χ0) is 21.6. The molecule has 31 heavy (non-hydrogen) atoms. The summed E-state index contributed by atoms with van der Waals surface area (Å²) in [7, 11) is 0. The van der Waals surface area contributed by atoms with Gasteiger partial charge in [0.25, 0.3) is 0 Å². The number of rotatable bonds is 7. The lowest BCUT2D eigenvalue weighted by atomic mass is 10.1. The molecule has 1 unspecified atom stereocenters. The first-order valence-corrected chi connectivity index (χ1v) is 9.62. The second-order valence-corrected chi connectivity index (χ2v) is 6.77. The monoisotopic (exact) mass is 414 g/mol. The van der Waals surface area contributed by atoms with Crippen LogP contribution in [0.3, 0.4) is 0 Å². The van der Waals surface area contributed by atoms with Gasteiger partial charge in [-0.1, -0.05) is 24.3 Å². The lowest BCUT2D eigenvalue weighted by Crippen LogP contribution is -2.24. The standard InChI is InChI=1S/C23H19FN6O/c24-18-14-16(20-15-26-11-12-27-20)6-7-21(18)30-13-9-22(31)23(29-30)19(8-10-25)28-17-4-2-1-3-5-17/h1-7,9-15,19,25,28H,8H2. The van der Waals surface area contributed by atoms with Crippen LogP contribution in [-0.2, 0) is 0 Å². The lowest BCUT2D eigenvalue weighted by molar-refractivity contribution is 0.602. The Morgan fingerprint density at radius 2 is 1.97 bits per heavy atom. The van der Waals surface area contributed by atoms with Crippen LogP contribution in [0.1, 0.15) is 18.2 Å². The van der Waals surface area contributed by atoms with Gasteiger partial charge in [-0.05, 0) is 30.5 Å². The Hall–Kier alpha value is -4.20. The van der Waals surface area contributed by atoms with E-state index in [1.54, 1.807) is 30.7 Å². The number of hydrogen-bond donors (Lipinski definition) is 2. The highest BCUT2D eigenvalue weighted by molar-refractivity contribution is 5.60. The van der Waals surface area contributed by atoms with Gasteiger partial charge >= 0.3 is 0 Å². The number of hydrogen-bond acceptors (Lipinski definition) is 6. The number of nitrogens with zero attached hydrogens (tertiary/aromatic N) is 4. The van der Waals surface area contributed by atoms with E-state index in [2.05, 4.69) is 20.4 Å². The van der Waals surface area contributed by atoms with E-state index in [1.165, 1.54) is 29.2 Å². The minimum atomic E-state index is -0.526. The van der Waals surface area contributed by atoms with Crippen LogP contribution in [0, 0.1) is 11.2 Å². The molecular formula is C23H19FN6O. The van der Waals surface area contributed by atoms with E-state index in [0.717, 1.165) is 5.69 Å². The number of benzene rings is 2. The molecule has 154 valence electrons. The Morgan fingerprint density at radius 1 is 1.13 bits per heavy atom. The van der Waals surface area contributed by atoms with Crippen LogP contribution in [0.5, 0.6) is 0 Å². The average molecular weight is 414 g/mol. The zero-order valence-electron chi connectivity index (χ0n) is 16.4. The summed E-state index contributed by atoms with van der Waals surface area (Å²) in [6.45, 7) is 0. The van der Waals surface area contributed by atoms with Gasteiger partial charge < -0.3 is 10.7 Å². The van der Waals surface area contributed by atoms with Crippen molar-refractivity contribution in [2.24, 2.45) is 0 Å². The molecule has 0 aliphatic heterocycles. The minimum Gasteiger partial charge on any atom is -0.376 e. The normalized spacial score (nSPS) is 11.6. The second kappa shape index (κ2) is 9.08. The van der Waals surface area contributed by atoms with E-state index < -0.39 is 11.9 Å². The molecule has 4 aromatic rings. The molecule has 8 heteroatoms. The lowest BCUT2D eigenvalue weighted by Gasteiger charge is -2.18. The predicted molar refractivity (Wildman–Crippen MR) is 117 cm³/mol. The average Bonchev–Trinajstić information content (AvgIpc) is 2.80. The SMILES string of the molecule is N=CCC(Nc1ccccc1)c1nn(-c2ccc(-c3cnccn3)cc2F)ccc1=O. The molecule has 2 aromatic carbocycles. The molecule has 4 rings (SSSR count). The van der Waals surface area contributed by atoms with Crippen LogP contribution in [0.4, 0.5) is 10.1 Å². The van der Waals surface area contributed by atoms with E-state index in [0.29, 0.717) is 11.3 Å². The molecule has 0 aliphatic carbocycles. The van der Waals surface area contributed by atoms with Gasteiger partial charge in [0, 0.05) is 42.3 Å². The molecule has 1 atom stereocenters. The smallest absolute Gasteiger partial charge is 0.205 e. The molecular weight excluding hydrogens is 395 g/mol. The molecule has 0 radical (unpaired) electrons. The van der Waals surface area contributed by atoms with Crippen molar-refractivity contribution in [2.75, 3.05) is 5.32 Å². The molecule has 2 aromatic heterocycles. The highest BCUT2D eigenvalue weighted by Crippen LogP contribution is 2.22. The van der Waals surface area contributed by atoms with Crippen LogP contribution >= 0.6 is 0 Å². The largest absolute Gasteiger partial charge is 0.376 e. The number of halogens is 1. The molecule has 0 saturated carbocycles. The third-order valence-electron chi connectivity index (χ3n) is 4.69. The quantitative estimate of drug-likeness (QED) is 0.445. The summed E-state index contributed by atoms with van der Waals surface area (Å²) in [5.74, 6) is -0.509. The molecule has 7 nitrogen and oxygen atoms in total. The van der Waals surface area contributed by atoms with E-state index in [4.69, 9.17) is 5.41 Å². The van der Waals surface area contributed by atoms with Crippen LogP contribution in [0.15, 0.2) is 84.2 Å². The van der Waals surface area contributed by atoms with Gasteiger partial charge in [0.2, 0.25) is 5.43 Å². The second-order valence-electron chi connectivity index (χ2n) is 6.77. The Morgan fingerprint density at radius 3 is 2.68 bits per heavy atom. The van der Waals surface area contributed by atoms with E-state index in [9.17, 15) is 9.18 Å². The molecule has 0 aliphatic rings. The van der Waals surface area contributed by atoms with Crippen molar-refractivity contribution < 1.29 is 4.39 Å². The first-order valence-electron chi connectivity index (χ1n) is 9.62. The van der Waals surface area contributed by atoms with Gasteiger partial charge in [-0.25, -0.2) is 9.07 Å². The summed E-state index contributed by atoms with van der Waals surface area (Å²) < 4.78 is 16.2. The van der Waals surface area contributed by atoms with Gasteiger partial charge in [-0.2, -0.15) is 5.10 Å². The summed E-state index contributed by atoms with van der Waals surface area (Å²) >= 11 is 0. The third-order valence-corrected chi connectivity index (χ3v) is 4.69. The van der Waals surface area contributed by atoms with Crippen LogP contribution in [-0.4, -0.2) is 26.0 Å². The highest BCUT2D eigenvalue weighted by Gasteiger charge is 2.18. The number of aromatic nitrogens is 4. The van der Waals surface area contributed by atoms with Crippen molar-refractivity contribution in [3.05, 3.63) is 101 Å². The molecule has 0 fully saturated rings. The summed E-state index contributed by atoms with van der Waals surface area (Å²) in [4.78, 5) is 20.7. The van der Waals surface area contributed by atoms with Crippen LogP contribution in [0.2, 0.25) is 0 Å². The van der Waals surface area contributed by atoms with Gasteiger partial charge in [-0.3, -0.25) is 14.8 Å². The number of para-hydroxylation sites is 1. The van der Waals surface area contributed by atoms with E-state index in [-0.39, 0.29) is 23.2 Å². The third kappa shape index (κ3) is 4.53. The van der Waals surface area contributed by atoms with Crippen molar-refractivity contribution in [3.8, 4) is 16.9 Å². The fourth-order valence-corrected chi connectivity index (χ4v) is 3.19. The molecule has 0 saturated heterocycles. The maximum absolute atomic E-state index is 14.9. The summed E-state index contributed by atoms with van der Waals surface area (Å²) in [6, 6.07) is 14.8. The first kappa shape index (κ1) is 20.1. The van der Waals surface area contributed by atoms with Gasteiger partial charge in [0.05, 0.1) is 17.9 Å². The maximum atomic E-state index is 14.9. The Kier molecular flexibility index (Phi) is 5.89. The fourth-order valence-electron chi connectivity index (χ4n) is 3.19. The summed E-state index contributed by atoms with van der Waals surface area (Å²) in [5, 5.41) is 15.1. The van der Waals surface area contributed by atoms with Crippen molar-refractivity contribution in [2.45, 2.75) is 12.5 Å². The highest BCUT2D eigenvalue weighted by atomic mass is 19.1.